The molecule has 14 heavy (non-hydrogen) atoms. The Bertz CT molecular complexity index is 286. The number of nitrogens with two attached hydrogens (primary N) is 1. The molecule has 0 saturated carbocycles. The zero-order valence-corrected chi connectivity index (χ0v) is 8.61. The average Bonchev–Trinajstić information content (AvgIpc) is 2.21. The molecule has 0 aliphatic carbocycles. The Morgan fingerprint density at radius 3 is 2.14 bits per heavy atom. The fraction of sp³-hybridized carbons (Fsp3) is 0.455. The number of anilines is 1. The van der Waals surface area contributed by atoms with Crippen molar-refractivity contribution in [1.82, 2.24) is 5.01 Å². The van der Waals surface area contributed by atoms with Crippen LogP contribution in [0.5, 0.6) is 0 Å². The molecular weight excluding hydrogens is 174 g/mol. The molecule has 76 valence electrons. The van der Waals surface area contributed by atoms with E-state index in [1.54, 1.807) is 0 Å². The van der Waals surface area contributed by atoms with Gasteiger partial charge in [-0.25, -0.2) is 5.01 Å². The third-order valence-electron chi connectivity index (χ3n) is 2.71. The normalized spacial score (nSPS) is 18.6. The van der Waals surface area contributed by atoms with Crippen molar-refractivity contribution < 1.29 is 0 Å². The van der Waals surface area contributed by atoms with Crippen molar-refractivity contribution >= 4 is 5.69 Å². The van der Waals surface area contributed by atoms with Crippen molar-refractivity contribution in [1.29, 1.82) is 0 Å². The lowest BCUT2D eigenvalue weighted by molar-refractivity contribution is 0.266. The molecule has 1 heterocycles. The molecule has 2 N–H and O–H groups in total. The van der Waals surface area contributed by atoms with Gasteiger partial charge in [-0.2, -0.15) is 0 Å². The van der Waals surface area contributed by atoms with Gasteiger partial charge < -0.3 is 4.90 Å². The van der Waals surface area contributed by atoms with Crippen LogP contribution < -0.4 is 10.7 Å². The van der Waals surface area contributed by atoms with Gasteiger partial charge in [0.25, 0.3) is 0 Å². The molecule has 0 amide bonds. The highest BCUT2D eigenvalue weighted by atomic mass is 15.4. The van der Waals surface area contributed by atoms with Gasteiger partial charge in [-0.1, -0.05) is 17.7 Å². The highest BCUT2D eigenvalue weighted by molar-refractivity contribution is 5.47. The van der Waals surface area contributed by atoms with Crippen molar-refractivity contribution in [3.8, 4) is 0 Å². The molecule has 0 spiro atoms. The third-order valence-corrected chi connectivity index (χ3v) is 2.71. The van der Waals surface area contributed by atoms with Gasteiger partial charge in [0.1, 0.15) is 0 Å². The van der Waals surface area contributed by atoms with Crippen LogP contribution in [-0.4, -0.2) is 31.2 Å². The van der Waals surface area contributed by atoms with Crippen LogP contribution in [0.25, 0.3) is 0 Å². The number of piperazine rings is 1. The molecule has 3 nitrogen and oxygen atoms in total. The number of benzene rings is 1. The molecule has 1 aliphatic rings. The molecule has 0 bridgehead atoms. The highest BCUT2D eigenvalue weighted by Crippen LogP contribution is 2.15. The first-order valence-electron chi connectivity index (χ1n) is 5.07. The smallest absolute Gasteiger partial charge is 0.0367 e. The Morgan fingerprint density at radius 1 is 1.00 bits per heavy atom. The maximum Gasteiger partial charge on any atom is 0.0367 e. The minimum atomic E-state index is 0.952. The van der Waals surface area contributed by atoms with Gasteiger partial charge >= 0.3 is 0 Å². The number of hydrogen-bond acceptors (Lipinski definition) is 3. The van der Waals surface area contributed by atoms with Crippen LogP contribution in [0.3, 0.4) is 0 Å². The van der Waals surface area contributed by atoms with Crippen molar-refractivity contribution in [2.75, 3.05) is 31.1 Å². The van der Waals surface area contributed by atoms with Crippen LogP contribution in [0.1, 0.15) is 5.56 Å². The molecule has 1 aromatic rings. The summed E-state index contributed by atoms with van der Waals surface area (Å²) < 4.78 is 0. The SMILES string of the molecule is Cc1ccc(N2CCN(N)CC2)cc1. The molecule has 1 aliphatic heterocycles. The quantitative estimate of drug-likeness (QED) is 0.672. The van der Waals surface area contributed by atoms with E-state index in [0.29, 0.717) is 0 Å². The van der Waals surface area contributed by atoms with E-state index in [-0.39, 0.29) is 0 Å². The number of hydrazine groups is 1. The van der Waals surface area contributed by atoms with E-state index < -0.39 is 0 Å². The van der Waals surface area contributed by atoms with Crippen molar-refractivity contribution in [2.24, 2.45) is 5.84 Å². The summed E-state index contributed by atoms with van der Waals surface area (Å²) >= 11 is 0. The molecule has 1 aromatic carbocycles. The average molecular weight is 191 g/mol. The van der Waals surface area contributed by atoms with Gasteiger partial charge in [0.05, 0.1) is 0 Å². The number of aryl methyl sites for hydroxylation is 1. The van der Waals surface area contributed by atoms with Crippen LogP contribution in [0.15, 0.2) is 24.3 Å². The van der Waals surface area contributed by atoms with Gasteiger partial charge in [-0.05, 0) is 19.1 Å². The van der Waals surface area contributed by atoms with Crippen molar-refractivity contribution in [3.05, 3.63) is 29.8 Å². The highest BCUT2D eigenvalue weighted by Gasteiger charge is 2.13. The largest absolute Gasteiger partial charge is 0.369 e. The van der Waals surface area contributed by atoms with Crippen LogP contribution in [0, 0.1) is 6.92 Å². The molecule has 1 fully saturated rings. The molecule has 3 heteroatoms. The van der Waals surface area contributed by atoms with E-state index in [2.05, 4.69) is 36.1 Å². The second kappa shape index (κ2) is 3.98. The maximum absolute atomic E-state index is 5.71. The Hall–Kier alpha value is -1.06. The summed E-state index contributed by atoms with van der Waals surface area (Å²) in [6.07, 6.45) is 0. The monoisotopic (exact) mass is 191 g/mol. The Balaban J connectivity index is 2.05. The standard InChI is InChI=1S/C11H17N3/c1-10-2-4-11(5-3-10)13-6-8-14(12)9-7-13/h2-5H,6-9,12H2,1H3. The second-order valence-electron chi connectivity index (χ2n) is 3.86. The zero-order chi connectivity index (χ0) is 9.97. The first-order valence-corrected chi connectivity index (χ1v) is 5.07. The van der Waals surface area contributed by atoms with Crippen molar-refractivity contribution in [3.63, 3.8) is 0 Å². The lowest BCUT2D eigenvalue weighted by atomic mass is 10.2. The zero-order valence-electron chi connectivity index (χ0n) is 8.61. The van der Waals surface area contributed by atoms with Gasteiger partial charge in [-0.3, -0.25) is 5.84 Å². The van der Waals surface area contributed by atoms with Gasteiger partial charge in [0.15, 0.2) is 0 Å². The number of rotatable bonds is 1. The Labute approximate surface area is 85.1 Å². The molecule has 1 saturated heterocycles. The summed E-state index contributed by atoms with van der Waals surface area (Å²) in [6, 6.07) is 8.68. The first kappa shape index (κ1) is 9.49. The van der Waals surface area contributed by atoms with Gasteiger partial charge in [0.2, 0.25) is 0 Å². The summed E-state index contributed by atoms with van der Waals surface area (Å²) in [4.78, 5) is 2.38. The van der Waals surface area contributed by atoms with Gasteiger partial charge in [0, 0.05) is 31.9 Å². The molecule has 0 atom stereocenters. The van der Waals surface area contributed by atoms with Crippen LogP contribution >= 0.6 is 0 Å². The first-order chi connectivity index (χ1) is 6.75. The summed E-state index contributed by atoms with van der Waals surface area (Å²) in [5, 5.41) is 1.88. The van der Waals surface area contributed by atoms with E-state index >= 15 is 0 Å². The lowest BCUT2D eigenvalue weighted by Gasteiger charge is -2.33. The molecule has 2 rings (SSSR count). The number of hydrogen-bond donors (Lipinski definition) is 1. The van der Waals surface area contributed by atoms with Crippen molar-refractivity contribution in [2.45, 2.75) is 6.92 Å². The second-order valence-corrected chi connectivity index (χ2v) is 3.86. The minimum Gasteiger partial charge on any atom is -0.369 e. The summed E-state index contributed by atoms with van der Waals surface area (Å²) in [7, 11) is 0. The Morgan fingerprint density at radius 2 is 1.57 bits per heavy atom. The fourth-order valence-corrected chi connectivity index (χ4v) is 1.74. The van der Waals surface area contributed by atoms with Crippen LogP contribution in [0.4, 0.5) is 5.69 Å². The van der Waals surface area contributed by atoms with E-state index in [1.807, 2.05) is 5.01 Å². The third kappa shape index (κ3) is 2.05. The van der Waals surface area contributed by atoms with E-state index in [4.69, 9.17) is 5.84 Å². The minimum absolute atomic E-state index is 0.952. The maximum atomic E-state index is 5.71. The molecule has 0 unspecified atom stereocenters. The summed E-state index contributed by atoms with van der Waals surface area (Å²) in [5.74, 6) is 5.71. The van der Waals surface area contributed by atoms with E-state index in [9.17, 15) is 0 Å². The fourth-order valence-electron chi connectivity index (χ4n) is 1.74. The summed E-state index contributed by atoms with van der Waals surface area (Å²) in [6.45, 7) is 6.07. The Kier molecular flexibility index (Phi) is 2.70. The van der Waals surface area contributed by atoms with E-state index in [0.717, 1.165) is 26.2 Å². The number of nitrogens with zero attached hydrogens (tertiary/aromatic N) is 2. The molecule has 0 radical (unpaired) electrons. The van der Waals surface area contributed by atoms with Crippen LogP contribution in [0.2, 0.25) is 0 Å². The topological polar surface area (TPSA) is 32.5 Å². The van der Waals surface area contributed by atoms with Crippen LogP contribution in [-0.2, 0) is 0 Å². The summed E-state index contributed by atoms with van der Waals surface area (Å²) in [5.41, 5.74) is 2.62. The lowest BCUT2D eigenvalue weighted by Crippen LogP contribution is -2.49. The van der Waals surface area contributed by atoms with E-state index in [1.165, 1.54) is 11.3 Å². The predicted molar refractivity (Wildman–Crippen MR) is 59.2 cm³/mol. The molecular formula is C11H17N3. The van der Waals surface area contributed by atoms with Gasteiger partial charge in [-0.15, -0.1) is 0 Å². The molecule has 0 aromatic heterocycles. The predicted octanol–water partition coefficient (Wildman–Crippen LogP) is 0.991.